The van der Waals surface area contributed by atoms with Gasteiger partial charge >= 0.3 is 0 Å². The molecule has 37 heavy (non-hydrogen) atoms. The minimum absolute atomic E-state index is 0.0767. The number of para-hydroxylation sites is 1. The summed E-state index contributed by atoms with van der Waals surface area (Å²) >= 11 is 4.98. The number of hydrogen-bond donors (Lipinski definition) is 0. The first kappa shape index (κ1) is 23.7. The van der Waals surface area contributed by atoms with Crippen LogP contribution in [-0.2, 0) is 9.79 Å². The average molecular weight is 568 g/mol. The minimum Gasteiger partial charge on any atom is -0.292 e. The van der Waals surface area contributed by atoms with E-state index >= 15 is 0 Å². The molecule has 2 heterocycles. The van der Waals surface area contributed by atoms with Gasteiger partial charge in [-0.2, -0.15) is 10.2 Å². The van der Waals surface area contributed by atoms with E-state index in [1.807, 2.05) is 76.7 Å². The number of rotatable bonds is 4. The lowest BCUT2D eigenvalue weighted by atomic mass is 9.93. The number of nitrogens with zero attached hydrogens (tertiary/aromatic N) is 4. The van der Waals surface area contributed by atoms with Gasteiger partial charge in [-0.1, -0.05) is 88.2 Å². The van der Waals surface area contributed by atoms with Gasteiger partial charge in [0.2, 0.25) is 4.99 Å². The highest BCUT2D eigenvalue weighted by Gasteiger charge is 2.55. The normalized spacial score (nSPS) is 18.5. The van der Waals surface area contributed by atoms with Crippen LogP contribution in [0.2, 0.25) is 0 Å². The van der Waals surface area contributed by atoms with Crippen molar-refractivity contribution in [1.82, 2.24) is 0 Å². The number of anilines is 2. The van der Waals surface area contributed by atoms with E-state index in [-0.39, 0.29) is 5.78 Å². The van der Waals surface area contributed by atoms with Gasteiger partial charge in [0.05, 0.1) is 17.1 Å². The van der Waals surface area contributed by atoms with E-state index < -0.39 is 4.99 Å². The van der Waals surface area contributed by atoms with Gasteiger partial charge in [0.25, 0.3) is 0 Å². The van der Waals surface area contributed by atoms with Crippen LogP contribution in [0.25, 0.3) is 0 Å². The Labute approximate surface area is 228 Å². The summed E-state index contributed by atoms with van der Waals surface area (Å²) in [6.45, 7) is 3.62. The highest BCUT2D eigenvalue weighted by molar-refractivity contribution is 9.10. The largest absolute Gasteiger partial charge is 0.292 e. The molecule has 1 spiro atoms. The number of Topliss-reactive ketones (excluding diaryl/α,β-unsaturated/α-hetero) is 1. The van der Waals surface area contributed by atoms with Crippen molar-refractivity contribution < 1.29 is 4.79 Å². The molecule has 1 atom stereocenters. The molecular formula is C30H23BrN4OS. The smallest absolute Gasteiger partial charge is 0.234 e. The molecule has 0 saturated heterocycles. The summed E-state index contributed by atoms with van der Waals surface area (Å²) in [4.78, 5) is 11.8. The summed E-state index contributed by atoms with van der Waals surface area (Å²) in [5.74, 6) is -0.0767. The molecule has 2 aliphatic rings. The number of thioether (sulfide) groups is 1. The quantitative estimate of drug-likeness (QED) is 0.260. The zero-order chi connectivity index (χ0) is 25.6. The molecule has 0 unspecified atom stereocenters. The third-order valence-electron chi connectivity index (χ3n) is 6.44. The van der Waals surface area contributed by atoms with Gasteiger partial charge in [0.15, 0.2) is 10.8 Å². The summed E-state index contributed by atoms with van der Waals surface area (Å²) in [7, 11) is 0. The fourth-order valence-corrected chi connectivity index (χ4v) is 6.21. The van der Waals surface area contributed by atoms with Crippen molar-refractivity contribution >= 4 is 55.6 Å². The maximum Gasteiger partial charge on any atom is 0.234 e. The van der Waals surface area contributed by atoms with Crippen LogP contribution in [0.5, 0.6) is 0 Å². The van der Waals surface area contributed by atoms with E-state index in [1.165, 1.54) is 11.8 Å². The second kappa shape index (κ2) is 9.32. The highest BCUT2D eigenvalue weighted by atomic mass is 79.9. The van der Waals surface area contributed by atoms with Crippen molar-refractivity contribution in [2.24, 2.45) is 10.2 Å². The van der Waals surface area contributed by atoms with Crippen LogP contribution in [0, 0.1) is 6.92 Å². The second-order valence-electron chi connectivity index (χ2n) is 8.97. The van der Waals surface area contributed by atoms with Crippen LogP contribution in [0.3, 0.4) is 0 Å². The first-order chi connectivity index (χ1) is 18.0. The lowest BCUT2D eigenvalue weighted by Crippen LogP contribution is -2.54. The molecule has 4 aromatic rings. The Balaban J connectivity index is 1.66. The molecule has 0 aliphatic carbocycles. The number of hydrazone groups is 2. The van der Waals surface area contributed by atoms with Crippen molar-refractivity contribution in [3.05, 3.63) is 130 Å². The van der Waals surface area contributed by atoms with Crippen molar-refractivity contribution in [3.8, 4) is 0 Å². The van der Waals surface area contributed by atoms with E-state index in [2.05, 4.69) is 59.3 Å². The Morgan fingerprint density at radius 1 is 0.784 bits per heavy atom. The predicted octanol–water partition coefficient (Wildman–Crippen LogP) is 7.30. The number of hydrogen-bond acceptors (Lipinski definition) is 6. The molecule has 0 amide bonds. The molecule has 0 saturated carbocycles. The minimum atomic E-state index is -0.937. The predicted molar refractivity (Wildman–Crippen MR) is 156 cm³/mol. The lowest BCUT2D eigenvalue weighted by molar-refractivity contribution is -0.110. The number of aryl methyl sites for hydroxylation is 1. The van der Waals surface area contributed by atoms with Gasteiger partial charge in [0, 0.05) is 28.1 Å². The van der Waals surface area contributed by atoms with Gasteiger partial charge < -0.3 is 0 Å². The van der Waals surface area contributed by atoms with Crippen LogP contribution in [-0.4, -0.2) is 16.5 Å². The van der Waals surface area contributed by atoms with E-state index in [9.17, 15) is 4.79 Å². The fourth-order valence-electron chi connectivity index (χ4n) is 4.65. The molecule has 0 bridgehead atoms. The molecular weight excluding hydrogens is 544 g/mol. The molecule has 0 radical (unpaired) electrons. The first-order valence-electron chi connectivity index (χ1n) is 11.9. The Bertz CT molecular complexity index is 1550. The second-order valence-corrected chi connectivity index (χ2v) is 11.0. The van der Waals surface area contributed by atoms with Crippen molar-refractivity contribution in [1.29, 1.82) is 0 Å². The van der Waals surface area contributed by atoms with Crippen LogP contribution < -0.4 is 10.0 Å². The summed E-state index contributed by atoms with van der Waals surface area (Å²) < 4.78 is 1.01. The Kier molecular flexibility index (Phi) is 5.97. The highest BCUT2D eigenvalue weighted by Crippen LogP contribution is 2.55. The third-order valence-corrected chi connectivity index (χ3v) is 8.38. The van der Waals surface area contributed by atoms with Crippen LogP contribution in [0.1, 0.15) is 29.2 Å². The van der Waals surface area contributed by atoms with Crippen molar-refractivity contribution in [2.45, 2.75) is 18.8 Å². The van der Waals surface area contributed by atoms with Crippen LogP contribution in [0.15, 0.2) is 118 Å². The maximum absolute atomic E-state index is 12.7. The lowest BCUT2D eigenvalue weighted by Gasteiger charge is -2.47. The molecule has 0 N–H and O–H groups in total. The van der Waals surface area contributed by atoms with Crippen LogP contribution in [0.4, 0.5) is 11.4 Å². The number of carbonyl (C=O) groups excluding carboxylic acids is 1. The SMILES string of the molecule is CC(=O)C1=NN(c2ccc(C)cc2)[C@]2(S1)c1ccccc1C(c1ccc(Br)cc1)=NN2c1ccccc1. The maximum atomic E-state index is 12.7. The van der Waals surface area contributed by atoms with Crippen molar-refractivity contribution in [3.63, 3.8) is 0 Å². The summed E-state index contributed by atoms with van der Waals surface area (Å²) in [5.41, 5.74) is 6.81. The molecule has 5 nitrogen and oxygen atoms in total. The van der Waals surface area contributed by atoms with Crippen LogP contribution >= 0.6 is 27.7 Å². The van der Waals surface area contributed by atoms with E-state index in [4.69, 9.17) is 10.2 Å². The third kappa shape index (κ3) is 3.99. The van der Waals surface area contributed by atoms with E-state index in [1.54, 1.807) is 6.92 Å². The molecule has 6 rings (SSSR count). The monoisotopic (exact) mass is 566 g/mol. The van der Waals surface area contributed by atoms with Crippen molar-refractivity contribution in [2.75, 3.05) is 10.0 Å². The zero-order valence-corrected chi connectivity index (χ0v) is 22.7. The summed E-state index contributed by atoms with van der Waals surface area (Å²) in [6.07, 6.45) is 0. The number of halogens is 1. The van der Waals surface area contributed by atoms with Gasteiger partial charge in [0.1, 0.15) is 0 Å². The molecule has 0 fully saturated rings. The fraction of sp³-hybridized carbons (Fsp3) is 0.100. The molecule has 4 aromatic carbocycles. The first-order valence-corrected chi connectivity index (χ1v) is 13.5. The Morgan fingerprint density at radius 3 is 2.11 bits per heavy atom. The molecule has 7 heteroatoms. The molecule has 182 valence electrons. The number of carbonyl (C=O) groups is 1. The Hall–Kier alpha value is -3.68. The Morgan fingerprint density at radius 2 is 1.41 bits per heavy atom. The average Bonchev–Trinajstić information content (AvgIpc) is 3.32. The van der Waals surface area contributed by atoms with E-state index in [0.29, 0.717) is 5.04 Å². The topological polar surface area (TPSA) is 48.3 Å². The summed E-state index contributed by atoms with van der Waals surface area (Å²) in [6, 6.07) is 34.8. The summed E-state index contributed by atoms with van der Waals surface area (Å²) in [5, 5.41) is 14.6. The van der Waals surface area contributed by atoms with Gasteiger partial charge in [-0.25, -0.2) is 10.0 Å². The number of ketones is 1. The number of fused-ring (bicyclic) bond motifs is 2. The van der Waals surface area contributed by atoms with Gasteiger partial charge in [-0.05, 0) is 55.1 Å². The number of benzene rings is 4. The molecule has 2 aliphatic heterocycles. The van der Waals surface area contributed by atoms with Gasteiger partial charge in [-0.3, -0.25) is 4.79 Å². The standard InChI is InChI=1S/C30H23BrN4OS/c1-20-12-18-25(19-13-20)35-30(37-29(33-35)21(2)36)27-11-7-6-10-26(27)28(22-14-16-23(31)17-15-22)32-34(30)24-8-4-3-5-9-24/h3-19H,1-2H3/t30-/m0/s1. The molecule has 0 aromatic heterocycles. The van der Waals surface area contributed by atoms with E-state index in [0.717, 1.165) is 43.8 Å². The zero-order valence-electron chi connectivity index (χ0n) is 20.3. The van der Waals surface area contributed by atoms with Gasteiger partial charge in [-0.15, -0.1) is 0 Å².